The van der Waals surface area contributed by atoms with E-state index in [0.29, 0.717) is 5.56 Å². The fourth-order valence-electron chi connectivity index (χ4n) is 5.19. The molecule has 3 aromatic carbocycles. The van der Waals surface area contributed by atoms with E-state index in [1.54, 1.807) is 36.4 Å². The van der Waals surface area contributed by atoms with Crippen LogP contribution in [0.2, 0.25) is 0 Å². The van der Waals surface area contributed by atoms with Gasteiger partial charge in [-0.3, -0.25) is 14.4 Å². The van der Waals surface area contributed by atoms with E-state index in [9.17, 15) is 41.2 Å². The second kappa shape index (κ2) is 12.3. The molecule has 1 saturated heterocycles. The van der Waals surface area contributed by atoms with Crippen LogP contribution in [0.4, 0.5) is 13.2 Å². The van der Waals surface area contributed by atoms with Crippen molar-refractivity contribution < 1.29 is 45.8 Å². The van der Waals surface area contributed by atoms with Gasteiger partial charge in [0.1, 0.15) is 0 Å². The van der Waals surface area contributed by atoms with Gasteiger partial charge < -0.3 is 10.0 Å². The highest BCUT2D eigenvalue weighted by atomic mass is 32.2. The van der Waals surface area contributed by atoms with Crippen LogP contribution in [-0.4, -0.2) is 70.1 Å². The number of rotatable bonds is 9. The lowest BCUT2D eigenvalue weighted by Crippen LogP contribution is -2.56. The summed E-state index contributed by atoms with van der Waals surface area (Å²) in [5.41, 5.74) is 0.884. The summed E-state index contributed by atoms with van der Waals surface area (Å²) in [5, 5.41) is 20.5. The molecular weight excluding hydrogens is 671 g/mol. The number of carbonyl (C=O) groups is 3. The molecule has 0 aliphatic carbocycles. The summed E-state index contributed by atoms with van der Waals surface area (Å²) in [7, 11) is -4.40. The van der Waals surface area contributed by atoms with Crippen molar-refractivity contribution in [3.05, 3.63) is 106 Å². The van der Waals surface area contributed by atoms with Gasteiger partial charge in [0.05, 0.1) is 51.4 Å². The van der Waals surface area contributed by atoms with Crippen molar-refractivity contribution in [1.29, 1.82) is 0 Å². The number of hydrogen-bond acceptors (Lipinski definition) is 9. The minimum Gasteiger partial charge on any atom is -0.569 e. The van der Waals surface area contributed by atoms with Gasteiger partial charge in [-0.1, -0.05) is 42.0 Å². The van der Waals surface area contributed by atoms with Crippen LogP contribution in [0.3, 0.4) is 0 Å². The van der Waals surface area contributed by atoms with Gasteiger partial charge in [-0.15, -0.1) is 5.01 Å². The number of imide groups is 1. The molecule has 6 rings (SSSR count). The van der Waals surface area contributed by atoms with E-state index in [0.717, 1.165) is 38.4 Å². The molecule has 2 aliphatic heterocycles. The number of aryl methyl sites for hydroxylation is 1. The van der Waals surface area contributed by atoms with Gasteiger partial charge in [0, 0.05) is 5.56 Å². The Morgan fingerprint density at radius 2 is 1.61 bits per heavy atom. The van der Waals surface area contributed by atoms with Crippen molar-refractivity contribution in [2.45, 2.75) is 31.1 Å². The van der Waals surface area contributed by atoms with Crippen LogP contribution in [-0.2, 0) is 25.8 Å². The van der Waals surface area contributed by atoms with E-state index in [2.05, 4.69) is 10.4 Å². The molecule has 4 aromatic rings. The Bertz CT molecular complexity index is 2060. The number of sulfonamides is 1. The van der Waals surface area contributed by atoms with E-state index in [4.69, 9.17) is 4.84 Å². The fraction of sp³-hybridized carbons (Fsp3) is 0.226. The molecule has 0 saturated carbocycles. The van der Waals surface area contributed by atoms with Gasteiger partial charge in [0.2, 0.25) is 17.4 Å². The van der Waals surface area contributed by atoms with Crippen molar-refractivity contribution in [3.8, 4) is 16.9 Å². The van der Waals surface area contributed by atoms with Gasteiger partial charge in [0.15, 0.2) is 5.69 Å². The Morgan fingerprint density at radius 3 is 2.18 bits per heavy atom. The fourth-order valence-corrected chi connectivity index (χ4v) is 6.24. The third-order valence-corrected chi connectivity index (χ3v) is 9.27. The number of nitrogens with one attached hydrogen (secondary N) is 1. The molecule has 1 unspecified atom stereocenters. The van der Waals surface area contributed by atoms with Crippen LogP contribution in [0.5, 0.6) is 0 Å². The summed E-state index contributed by atoms with van der Waals surface area (Å²) in [5.74, 6) is -3.05. The number of amides is 3. The summed E-state index contributed by atoms with van der Waals surface area (Å²) in [6, 6.07) is 18.6. The van der Waals surface area contributed by atoms with Crippen LogP contribution >= 0.6 is 0 Å². The minimum atomic E-state index is -4.72. The predicted molar refractivity (Wildman–Crippen MR) is 163 cm³/mol. The monoisotopic (exact) mass is 697 g/mol. The van der Waals surface area contributed by atoms with Gasteiger partial charge in [-0.25, -0.2) is 22.7 Å². The molecule has 18 heteroatoms. The Hall–Kier alpha value is -5.78. The molecule has 3 heterocycles. The Labute approximate surface area is 276 Å². The van der Waals surface area contributed by atoms with Crippen LogP contribution in [0, 0.1) is 18.0 Å². The van der Waals surface area contributed by atoms with Crippen LogP contribution in [0.25, 0.3) is 16.9 Å². The predicted octanol–water partition coefficient (Wildman–Crippen LogP) is 4.05. The summed E-state index contributed by atoms with van der Waals surface area (Å²) in [6.07, 6.45) is -5.95. The first-order chi connectivity index (χ1) is 23.1. The molecule has 2 aliphatic rings. The number of benzene rings is 3. The minimum absolute atomic E-state index is 0.0238. The zero-order valence-corrected chi connectivity index (χ0v) is 26.5. The lowest BCUT2D eigenvalue weighted by atomic mass is 10.0. The van der Waals surface area contributed by atoms with Gasteiger partial charge in [-0.05, 0) is 56.3 Å². The van der Waals surface area contributed by atoms with Gasteiger partial charge in [-0.2, -0.15) is 18.3 Å². The molecule has 254 valence electrons. The number of nitrogens with zero attached hydrogens (tertiary/aromatic N) is 6. The first-order valence-electron chi connectivity index (χ1n) is 14.6. The average Bonchev–Trinajstić information content (AvgIpc) is 3.59. The normalized spacial score (nSPS) is 16.0. The smallest absolute Gasteiger partial charge is 0.435 e. The summed E-state index contributed by atoms with van der Waals surface area (Å²) >= 11 is 0. The number of fused-ring (bicyclic) bond motifs is 1. The maximum atomic E-state index is 13.5. The topological polar surface area (TPSA) is 169 Å². The molecule has 1 fully saturated rings. The maximum Gasteiger partial charge on any atom is 0.435 e. The van der Waals surface area contributed by atoms with E-state index < -0.39 is 51.8 Å². The average molecular weight is 698 g/mol. The third kappa shape index (κ3) is 6.41. The molecule has 0 bridgehead atoms. The van der Waals surface area contributed by atoms with E-state index >= 15 is 0 Å². The number of alkyl halides is 3. The van der Waals surface area contributed by atoms with Crippen LogP contribution in [0.1, 0.15) is 38.9 Å². The van der Waals surface area contributed by atoms with Gasteiger partial charge >= 0.3 is 6.18 Å². The molecular formula is C31H26F3N7O7S. The molecule has 0 spiro atoms. The van der Waals surface area contributed by atoms with Crippen molar-refractivity contribution in [2.24, 2.45) is 11.2 Å². The lowest BCUT2D eigenvalue weighted by molar-refractivity contribution is -0.726. The molecule has 0 radical (unpaired) electrons. The Balaban J connectivity index is 1.07. The highest BCUT2D eigenvalue weighted by Crippen LogP contribution is 2.33. The molecule has 1 N–H and O–H groups in total. The van der Waals surface area contributed by atoms with E-state index in [1.807, 2.05) is 11.6 Å². The number of aromatic nitrogens is 2. The number of hydrazine groups is 1. The maximum absolute atomic E-state index is 13.5. The molecule has 14 nitrogen and oxygen atoms in total. The quantitative estimate of drug-likeness (QED) is 0.117. The number of carbonyl (C=O) groups excluding carboxylic acids is 3. The SMILES string of the molecule is Cc1ccc(-c2cc(C(F)(F)F)nn2-c2ccc(S(=O)(=O)NC(=O)C3CN(/[N+]([O-])=N\OC(C)N4C(=O)c5ccccc5C4=O)C3)cc2)cc1. The first kappa shape index (κ1) is 33.1. The lowest BCUT2D eigenvalue weighted by Gasteiger charge is -2.33. The van der Waals surface area contributed by atoms with Crippen LogP contribution < -0.4 is 4.72 Å². The second-order valence-corrected chi connectivity index (χ2v) is 13.0. The number of halogens is 3. The number of hydrogen-bond donors (Lipinski definition) is 1. The first-order valence-corrected chi connectivity index (χ1v) is 16.1. The molecule has 49 heavy (non-hydrogen) atoms. The van der Waals surface area contributed by atoms with E-state index in [1.165, 1.54) is 31.2 Å². The summed E-state index contributed by atoms with van der Waals surface area (Å²) in [6.45, 7) is 2.74. The molecule has 3 amide bonds. The largest absolute Gasteiger partial charge is 0.569 e. The highest BCUT2D eigenvalue weighted by molar-refractivity contribution is 7.90. The van der Waals surface area contributed by atoms with Crippen molar-refractivity contribution in [1.82, 2.24) is 24.4 Å². The summed E-state index contributed by atoms with van der Waals surface area (Å²) < 4.78 is 69.5. The van der Waals surface area contributed by atoms with Crippen LogP contribution in [0.15, 0.2) is 89.0 Å². The standard InChI is InChI=1S/C31H26F3N7O7S/c1-18-7-9-20(10-8-18)26-15-27(31(32,33)34)35-40(26)22-11-13-23(14-12-22)49(46,47)36-28(42)21-16-38(17-21)41(45)37-48-19(2)39-29(43)24-5-3-4-6-25(24)30(39)44/h3-15,19,21H,16-17H2,1-2H3,(H,36,42)/b41-37+. The Kier molecular flexibility index (Phi) is 8.35. The van der Waals surface area contributed by atoms with Crippen molar-refractivity contribution in [2.75, 3.05) is 13.1 Å². The zero-order chi connectivity index (χ0) is 35.2. The molecule has 1 aromatic heterocycles. The van der Waals surface area contributed by atoms with E-state index in [-0.39, 0.29) is 45.5 Å². The highest BCUT2D eigenvalue weighted by Gasteiger charge is 2.42. The second-order valence-electron chi connectivity index (χ2n) is 11.3. The molecule has 1 atom stereocenters. The third-order valence-electron chi connectivity index (χ3n) is 7.91. The summed E-state index contributed by atoms with van der Waals surface area (Å²) in [4.78, 5) is 43.4. The Morgan fingerprint density at radius 1 is 1.02 bits per heavy atom. The van der Waals surface area contributed by atoms with Crippen molar-refractivity contribution in [3.63, 3.8) is 0 Å². The zero-order valence-electron chi connectivity index (χ0n) is 25.7. The van der Waals surface area contributed by atoms with Crippen molar-refractivity contribution >= 4 is 27.7 Å². The van der Waals surface area contributed by atoms with Gasteiger partial charge in [0.25, 0.3) is 21.8 Å².